The molecule has 2 aromatic heterocycles. The fourth-order valence-corrected chi connectivity index (χ4v) is 5.81. The molecule has 240 valence electrons. The Morgan fingerprint density at radius 3 is 2.23 bits per heavy atom. The molecule has 0 spiro atoms. The summed E-state index contributed by atoms with van der Waals surface area (Å²) in [5.74, 6) is 0.188. The van der Waals surface area contributed by atoms with Gasteiger partial charge in [-0.05, 0) is 73.5 Å². The van der Waals surface area contributed by atoms with Crippen LogP contribution in [0.1, 0.15) is 35.9 Å². The quantitative estimate of drug-likeness (QED) is 0.109. The zero-order valence-corrected chi connectivity index (χ0v) is 28.2. The van der Waals surface area contributed by atoms with Crippen LogP contribution >= 0.6 is 22.6 Å². The molecule has 0 fully saturated rings. The van der Waals surface area contributed by atoms with Crippen LogP contribution in [0.3, 0.4) is 0 Å². The van der Waals surface area contributed by atoms with Gasteiger partial charge in [-0.25, -0.2) is 13.8 Å². The fourth-order valence-electron chi connectivity index (χ4n) is 5.26. The number of nitrogens with two attached hydrogens (primary N) is 1. The predicted molar refractivity (Wildman–Crippen MR) is 190 cm³/mol. The zero-order valence-electron chi connectivity index (χ0n) is 26.0. The molecule has 2 heterocycles. The van der Waals surface area contributed by atoms with E-state index < -0.39 is 17.1 Å². The van der Waals surface area contributed by atoms with E-state index in [1.807, 2.05) is 19.9 Å². The Bertz CT molecular complexity index is 2080. The maximum atomic E-state index is 15.7. The lowest BCUT2D eigenvalue weighted by molar-refractivity contribution is 0.109. The van der Waals surface area contributed by atoms with Crippen molar-refractivity contribution >= 4 is 43.6 Å². The number of nitrogen functional groups attached to an aromatic ring is 1. The van der Waals surface area contributed by atoms with Crippen LogP contribution in [-0.4, -0.2) is 27.6 Å². The molecule has 8 nitrogen and oxygen atoms in total. The van der Waals surface area contributed by atoms with Gasteiger partial charge in [0.05, 0.1) is 25.3 Å². The molecule has 3 N–H and O–H groups in total. The molecule has 47 heavy (non-hydrogen) atoms. The number of hydrogen-bond donors (Lipinski definition) is 2. The number of rotatable bonds is 10. The lowest BCUT2D eigenvalue weighted by atomic mass is 9.99. The van der Waals surface area contributed by atoms with Gasteiger partial charge in [0.15, 0.2) is 16.9 Å². The highest BCUT2D eigenvalue weighted by Gasteiger charge is 2.24. The first-order valence-electron chi connectivity index (χ1n) is 14.4. The van der Waals surface area contributed by atoms with E-state index in [2.05, 4.69) is 16.9 Å². The van der Waals surface area contributed by atoms with Crippen molar-refractivity contribution in [2.24, 2.45) is 0 Å². The Hall–Kier alpha value is -5.04. The molecular formula is C36H31F2IN4O4. The number of benzene rings is 3. The van der Waals surface area contributed by atoms with E-state index in [0.29, 0.717) is 33.9 Å². The Morgan fingerprint density at radius 2 is 1.62 bits per heavy atom. The second-order valence-electron chi connectivity index (χ2n) is 10.9. The number of carbonyl (C=O) groups excluding carboxylic acids is 1. The Morgan fingerprint density at radius 1 is 0.936 bits per heavy atom. The number of nitrogens with one attached hydrogen (secondary N) is 1. The number of ether oxygens (including phenoxy) is 2. The van der Waals surface area contributed by atoms with E-state index in [4.69, 9.17) is 15.2 Å². The third kappa shape index (κ3) is 6.75. The standard InChI is InChI=1S/C36H31F2IN4O4/c1-19(2)43-18-28(34(44)32(33(43)35(39)45)21-6-9-24(37)10-7-21)20(3)42-25-11-12-26(29(38)16-25)27-14-23(17-41-36(27)40)22-8-13-30(46-4)31(15-22)47-5/h6-19,42H,3H2,1-2,4-5H3,(H2,40,41). The lowest BCUT2D eigenvalue weighted by Crippen LogP contribution is -2.24. The van der Waals surface area contributed by atoms with Crippen molar-refractivity contribution < 1.29 is 23.0 Å². The van der Waals surface area contributed by atoms with Crippen molar-refractivity contribution in [1.82, 2.24) is 9.55 Å². The second kappa shape index (κ2) is 13.8. The summed E-state index contributed by atoms with van der Waals surface area (Å²) in [5.41, 5.74) is 9.16. The van der Waals surface area contributed by atoms with Crippen LogP contribution in [0.25, 0.3) is 39.1 Å². The number of hydrogen-bond acceptors (Lipinski definition) is 7. The van der Waals surface area contributed by atoms with Crippen molar-refractivity contribution in [1.29, 1.82) is 0 Å². The summed E-state index contributed by atoms with van der Waals surface area (Å²) in [6.07, 6.45) is 3.15. The molecule has 0 bridgehead atoms. The van der Waals surface area contributed by atoms with Gasteiger partial charge in [0.1, 0.15) is 23.1 Å². The molecule has 11 heteroatoms. The first-order chi connectivity index (χ1) is 22.4. The Labute approximate surface area is 284 Å². The summed E-state index contributed by atoms with van der Waals surface area (Å²) < 4.78 is 41.5. The predicted octanol–water partition coefficient (Wildman–Crippen LogP) is 8.36. The summed E-state index contributed by atoms with van der Waals surface area (Å²) in [7, 11) is 3.09. The smallest absolute Gasteiger partial charge is 0.239 e. The summed E-state index contributed by atoms with van der Waals surface area (Å²) >= 11 is 1.64. The minimum atomic E-state index is -0.585. The second-order valence-corrected chi connectivity index (χ2v) is 11.9. The molecular weight excluding hydrogens is 717 g/mol. The maximum absolute atomic E-state index is 15.7. The number of carbonyl (C=O) groups is 1. The van der Waals surface area contributed by atoms with E-state index in [-0.39, 0.29) is 43.7 Å². The van der Waals surface area contributed by atoms with Gasteiger partial charge in [-0.15, -0.1) is 0 Å². The molecule has 0 aliphatic heterocycles. The summed E-state index contributed by atoms with van der Waals surface area (Å²) in [6.45, 7) is 7.80. The molecule has 0 saturated heterocycles. The molecule has 5 aromatic rings. The van der Waals surface area contributed by atoms with E-state index in [1.54, 1.807) is 84.1 Å². The molecule has 0 atom stereocenters. The van der Waals surface area contributed by atoms with Gasteiger partial charge < -0.3 is 25.1 Å². The highest BCUT2D eigenvalue weighted by molar-refractivity contribution is 14.1. The summed E-state index contributed by atoms with van der Waals surface area (Å²) in [4.78, 5) is 31.0. The topological polar surface area (TPSA) is 108 Å². The van der Waals surface area contributed by atoms with E-state index in [0.717, 1.165) is 5.56 Å². The molecule has 5 rings (SSSR count). The van der Waals surface area contributed by atoms with Crippen LogP contribution in [0.15, 0.2) is 90.5 Å². The normalized spacial score (nSPS) is 11.0. The largest absolute Gasteiger partial charge is 0.493 e. The number of nitrogens with zero attached hydrogens (tertiary/aromatic N) is 2. The maximum Gasteiger partial charge on any atom is 0.239 e. The van der Waals surface area contributed by atoms with Gasteiger partial charge in [0, 0.05) is 69.1 Å². The molecule has 0 unspecified atom stereocenters. The number of anilines is 2. The average molecular weight is 749 g/mol. The summed E-state index contributed by atoms with van der Waals surface area (Å²) in [6, 6.07) is 16.8. The Kier molecular flexibility index (Phi) is 9.75. The van der Waals surface area contributed by atoms with Crippen LogP contribution in [0, 0.1) is 11.6 Å². The highest BCUT2D eigenvalue weighted by Crippen LogP contribution is 2.36. The fraction of sp³-hybridized carbons (Fsp3) is 0.139. The van der Waals surface area contributed by atoms with Crippen molar-refractivity contribution in [3.8, 4) is 44.9 Å². The number of aromatic nitrogens is 2. The zero-order chi connectivity index (χ0) is 34.0. The van der Waals surface area contributed by atoms with Gasteiger partial charge in [-0.2, -0.15) is 0 Å². The van der Waals surface area contributed by atoms with Crippen molar-refractivity contribution in [2.45, 2.75) is 19.9 Å². The van der Waals surface area contributed by atoms with Crippen molar-refractivity contribution in [3.63, 3.8) is 0 Å². The third-order valence-electron chi connectivity index (χ3n) is 7.63. The van der Waals surface area contributed by atoms with Crippen LogP contribution in [0.5, 0.6) is 11.5 Å². The Balaban J connectivity index is 1.51. The molecule has 0 radical (unpaired) electrons. The van der Waals surface area contributed by atoms with Gasteiger partial charge in [0.25, 0.3) is 0 Å². The number of methoxy groups -OCH3 is 2. The average Bonchev–Trinajstić information content (AvgIpc) is 3.05. The van der Waals surface area contributed by atoms with Crippen LogP contribution in [-0.2, 0) is 0 Å². The van der Waals surface area contributed by atoms with Gasteiger partial charge >= 0.3 is 0 Å². The van der Waals surface area contributed by atoms with E-state index >= 15 is 4.39 Å². The first kappa shape index (κ1) is 33.3. The third-order valence-corrected chi connectivity index (χ3v) is 8.14. The molecule has 0 aliphatic rings. The van der Waals surface area contributed by atoms with Gasteiger partial charge in [-0.3, -0.25) is 9.59 Å². The number of halogens is 3. The molecule has 3 aromatic carbocycles. The monoisotopic (exact) mass is 748 g/mol. The summed E-state index contributed by atoms with van der Waals surface area (Å²) in [5, 5.41) is 3.03. The molecule has 0 saturated carbocycles. The highest BCUT2D eigenvalue weighted by atomic mass is 127. The van der Waals surface area contributed by atoms with Crippen molar-refractivity contribution in [2.75, 3.05) is 25.3 Å². The lowest BCUT2D eigenvalue weighted by Gasteiger charge is -2.21. The minimum absolute atomic E-state index is 0.123. The molecule has 0 aliphatic carbocycles. The van der Waals surface area contributed by atoms with Crippen molar-refractivity contribution in [3.05, 3.63) is 119 Å². The SMILES string of the molecule is C=C(Nc1ccc(-c2cc(-c3ccc(OC)c(OC)c3)cnc2N)c(F)c1)c1cn(C(C)C)c(C(=O)I)c(-c2ccc(F)cc2)c1=O. The minimum Gasteiger partial charge on any atom is -0.493 e. The van der Waals surface area contributed by atoms with Crippen LogP contribution in [0.2, 0.25) is 0 Å². The van der Waals surface area contributed by atoms with Crippen LogP contribution in [0.4, 0.5) is 20.3 Å². The van der Waals surface area contributed by atoms with Crippen LogP contribution < -0.4 is 26.0 Å². The van der Waals surface area contributed by atoms with Gasteiger partial charge in [0.2, 0.25) is 3.79 Å². The van der Waals surface area contributed by atoms with Gasteiger partial charge in [-0.1, -0.05) is 24.8 Å². The van der Waals surface area contributed by atoms with E-state index in [9.17, 15) is 14.0 Å². The first-order valence-corrected chi connectivity index (χ1v) is 15.5. The molecule has 0 amide bonds. The van der Waals surface area contributed by atoms with E-state index in [1.165, 1.54) is 30.3 Å². The number of pyridine rings is 2.